The zero-order valence-corrected chi connectivity index (χ0v) is 13.1. The van der Waals surface area contributed by atoms with Crippen molar-refractivity contribution < 1.29 is 4.79 Å². The van der Waals surface area contributed by atoms with Gasteiger partial charge in [-0.15, -0.1) is 12.4 Å². The number of carbonyl (C=O) groups is 1. The van der Waals surface area contributed by atoms with E-state index in [2.05, 4.69) is 10.6 Å². The summed E-state index contributed by atoms with van der Waals surface area (Å²) in [5, 5.41) is 6.99. The molecule has 2 N–H and O–H groups in total. The Kier molecular flexibility index (Phi) is 7.00. The molecule has 1 amide bonds. The van der Waals surface area contributed by atoms with E-state index in [1.807, 2.05) is 30.8 Å². The van der Waals surface area contributed by atoms with E-state index in [0.717, 1.165) is 29.3 Å². The molecule has 2 rings (SSSR count). The van der Waals surface area contributed by atoms with Crippen LogP contribution in [0.1, 0.15) is 12.0 Å². The standard InChI is InChI=1S/C13H17ClN2OS.ClH/c1-9-6-10(14)2-3-12(9)16-13(17)7-11-8-18-5-4-15-11;/h2-3,6,11,15H,4-5,7-8H2,1H3,(H,16,17);1H. The molecule has 0 bridgehead atoms. The largest absolute Gasteiger partial charge is 0.326 e. The molecule has 0 radical (unpaired) electrons. The van der Waals surface area contributed by atoms with Crippen molar-refractivity contribution in [2.75, 3.05) is 23.4 Å². The van der Waals surface area contributed by atoms with Gasteiger partial charge in [0.05, 0.1) is 0 Å². The van der Waals surface area contributed by atoms with E-state index in [4.69, 9.17) is 11.6 Å². The molecule has 1 aliphatic heterocycles. The maximum Gasteiger partial charge on any atom is 0.225 e. The molecular formula is C13H18Cl2N2OS. The molecule has 1 unspecified atom stereocenters. The first-order valence-corrected chi connectivity index (χ1v) is 7.55. The molecule has 0 spiro atoms. The average Bonchev–Trinajstić information content (AvgIpc) is 2.34. The first-order valence-electron chi connectivity index (χ1n) is 6.02. The molecular weight excluding hydrogens is 303 g/mol. The first-order chi connectivity index (χ1) is 8.65. The SMILES string of the molecule is Cc1cc(Cl)ccc1NC(=O)CC1CSCCN1.Cl. The van der Waals surface area contributed by atoms with Crippen molar-refractivity contribution in [2.45, 2.75) is 19.4 Å². The van der Waals surface area contributed by atoms with E-state index >= 15 is 0 Å². The van der Waals surface area contributed by atoms with Gasteiger partial charge in [0.25, 0.3) is 0 Å². The Morgan fingerprint density at radius 3 is 3.00 bits per heavy atom. The third-order valence-electron chi connectivity index (χ3n) is 2.89. The number of halogens is 2. The Labute approximate surface area is 129 Å². The molecule has 1 aromatic rings. The lowest BCUT2D eigenvalue weighted by atomic mass is 10.1. The number of benzene rings is 1. The Balaban J connectivity index is 0.00000180. The van der Waals surface area contributed by atoms with Crippen molar-refractivity contribution in [2.24, 2.45) is 0 Å². The Bertz CT molecular complexity index is 437. The van der Waals surface area contributed by atoms with Crippen LogP contribution in [0.2, 0.25) is 5.02 Å². The van der Waals surface area contributed by atoms with Gasteiger partial charge in [-0.1, -0.05) is 11.6 Å². The van der Waals surface area contributed by atoms with Gasteiger partial charge in [0.1, 0.15) is 0 Å². The van der Waals surface area contributed by atoms with Crippen LogP contribution in [0.15, 0.2) is 18.2 Å². The predicted molar refractivity (Wildman–Crippen MR) is 85.8 cm³/mol. The highest BCUT2D eigenvalue weighted by Crippen LogP contribution is 2.20. The average molecular weight is 321 g/mol. The van der Waals surface area contributed by atoms with Crippen LogP contribution in [0.4, 0.5) is 5.69 Å². The van der Waals surface area contributed by atoms with Crippen molar-refractivity contribution in [3.63, 3.8) is 0 Å². The van der Waals surface area contributed by atoms with Crippen molar-refractivity contribution in [3.8, 4) is 0 Å². The summed E-state index contributed by atoms with van der Waals surface area (Å²) in [6.07, 6.45) is 0.523. The number of hydrogen-bond acceptors (Lipinski definition) is 3. The summed E-state index contributed by atoms with van der Waals surface area (Å²) in [6.45, 7) is 2.93. The lowest BCUT2D eigenvalue weighted by Crippen LogP contribution is -2.39. The number of amides is 1. The first kappa shape index (κ1) is 16.6. The van der Waals surface area contributed by atoms with E-state index in [0.29, 0.717) is 11.4 Å². The van der Waals surface area contributed by atoms with Gasteiger partial charge in [-0.3, -0.25) is 4.79 Å². The van der Waals surface area contributed by atoms with Crippen molar-refractivity contribution >= 4 is 47.4 Å². The molecule has 1 aliphatic rings. The molecule has 0 aromatic heterocycles. The molecule has 1 heterocycles. The maximum absolute atomic E-state index is 11.9. The molecule has 1 atom stereocenters. The van der Waals surface area contributed by atoms with Crippen molar-refractivity contribution in [1.82, 2.24) is 5.32 Å². The highest BCUT2D eigenvalue weighted by atomic mass is 35.5. The molecule has 1 aromatic carbocycles. The predicted octanol–water partition coefficient (Wildman–Crippen LogP) is 3.10. The quantitative estimate of drug-likeness (QED) is 0.899. The molecule has 19 heavy (non-hydrogen) atoms. The van der Waals surface area contributed by atoms with Gasteiger partial charge >= 0.3 is 0 Å². The van der Waals surface area contributed by atoms with E-state index in [1.165, 1.54) is 0 Å². The fourth-order valence-electron chi connectivity index (χ4n) is 1.94. The number of carbonyl (C=O) groups excluding carboxylic acids is 1. The van der Waals surface area contributed by atoms with Crippen molar-refractivity contribution in [3.05, 3.63) is 28.8 Å². The van der Waals surface area contributed by atoms with Gasteiger partial charge in [0, 0.05) is 41.2 Å². The molecule has 0 saturated carbocycles. The number of aryl methyl sites for hydroxylation is 1. The number of thioether (sulfide) groups is 1. The normalized spacial score (nSPS) is 18.5. The summed E-state index contributed by atoms with van der Waals surface area (Å²) >= 11 is 7.78. The van der Waals surface area contributed by atoms with Gasteiger partial charge in [-0.25, -0.2) is 0 Å². The molecule has 0 aliphatic carbocycles. The summed E-state index contributed by atoms with van der Waals surface area (Å²) in [4.78, 5) is 11.9. The molecule has 106 valence electrons. The third-order valence-corrected chi connectivity index (χ3v) is 4.26. The van der Waals surface area contributed by atoms with Crippen LogP contribution in [0.25, 0.3) is 0 Å². The Morgan fingerprint density at radius 1 is 1.58 bits per heavy atom. The van der Waals surface area contributed by atoms with E-state index in [-0.39, 0.29) is 24.4 Å². The van der Waals surface area contributed by atoms with E-state index < -0.39 is 0 Å². The van der Waals surface area contributed by atoms with E-state index in [9.17, 15) is 4.79 Å². The minimum atomic E-state index is 0. The van der Waals surface area contributed by atoms with Gasteiger partial charge in [-0.05, 0) is 30.7 Å². The van der Waals surface area contributed by atoms with Crippen LogP contribution in [-0.2, 0) is 4.79 Å². The number of anilines is 1. The topological polar surface area (TPSA) is 41.1 Å². The number of nitrogens with one attached hydrogen (secondary N) is 2. The van der Waals surface area contributed by atoms with Crippen LogP contribution >= 0.6 is 35.8 Å². The molecule has 3 nitrogen and oxygen atoms in total. The summed E-state index contributed by atoms with van der Waals surface area (Å²) in [5.41, 5.74) is 1.83. The second-order valence-corrected chi connectivity index (χ2v) is 6.02. The summed E-state index contributed by atoms with van der Waals surface area (Å²) in [5.74, 6) is 2.20. The Hall–Kier alpha value is -0.420. The number of rotatable bonds is 3. The van der Waals surface area contributed by atoms with Gasteiger partial charge in [0.2, 0.25) is 5.91 Å². The zero-order chi connectivity index (χ0) is 13.0. The van der Waals surface area contributed by atoms with Gasteiger partial charge in [-0.2, -0.15) is 11.8 Å². The Morgan fingerprint density at radius 2 is 2.37 bits per heavy atom. The minimum Gasteiger partial charge on any atom is -0.326 e. The van der Waals surface area contributed by atoms with Crippen LogP contribution in [0.3, 0.4) is 0 Å². The van der Waals surface area contributed by atoms with Crippen LogP contribution in [0.5, 0.6) is 0 Å². The van der Waals surface area contributed by atoms with Crippen LogP contribution in [0, 0.1) is 6.92 Å². The lowest BCUT2D eigenvalue weighted by Gasteiger charge is -2.22. The number of hydrogen-bond donors (Lipinski definition) is 2. The summed E-state index contributed by atoms with van der Waals surface area (Å²) in [7, 11) is 0. The summed E-state index contributed by atoms with van der Waals surface area (Å²) < 4.78 is 0. The fourth-order valence-corrected chi connectivity index (χ4v) is 3.12. The highest BCUT2D eigenvalue weighted by Gasteiger charge is 2.17. The second-order valence-electron chi connectivity index (χ2n) is 4.44. The lowest BCUT2D eigenvalue weighted by molar-refractivity contribution is -0.116. The minimum absolute atomic E-state index is 0. The van der Waals surface area contributed by atoms with E-state index in [1.54, 1.807) is 6.07 Å². The second kappa shape index (κ2) is 8.00. The monoisotopic (exact) mass is 320 g/mol. The molecule has 1 fully saturated rings. The molecule has 1 saturated heterocycles. The van der Waals surface area contributed by atoms with Crippen LogP contribution < -0.4 is 10.6 Å². The van der Waals surface area contributed by atoms with Crippen molar-refractivity contribution in [1.29, 1.82) is 0 Å². The van der Waals surface area contributed by atoms with Gasteiger partial charge in [0.15, 0.2) is 0 Å². The van der Waals surface area contributed by atoms with Gasteiger partial charge < -0.3 is 10.6 Å². The summed E-state index contributed by atoms with van der Waals surface area (Å²) in [6, 6.07) is 5.78. The smallest absolute Gasteiger partial charge is 0.225 e. The third kappa shape index (κ3) is 5.22. The highest BCUT2D eigenvalue weighted by molar-refractivity contribution is 7.99. The molecule has 6 heteroatoms. The van der Waals surface area contributed by atoms with Crippen LogP contribution in [-0.4, -0.2) is 30.0 Å². The maximum atomic E-state index is 11.9. The fraction of sp³-hybridized carbons (Fsp3) is 0.462. The zero-order valence-electron chi connectivity index (χ0n) is 10.7.